The van der Waals surface area contributed by atoms with Gasteiger partial charge in [-0.15, -0.1) is 11.6 Å². The van der Waals surface area contributed by atoms with Crippen LogP contribution in [-0.4, -0.2) is 10.9 Å². The molecule has 0 fully saturated rings. The van der Waals surface area contributed by atoms with E-state index in [4.69, 9.17) is 17.3 Å². The molecule has 0 heterocycles. The van der Waals surface area contributed by atoms with Gasteiger partial charge in [-0.2, -0.15) is 0 Å². The quantitative estimate of drug-likeness (QED) is 0.657. The Hall–Kier alpha value is 0.250. The lowest BCUT2D eigenvalue weighted by Crippen LogP contribution is -2.39. The minimum Gasteiger partial charge on any atom is -0.326 e. The van der Waals surface area contributed by atoms with Gasteiger partial charge in [-0.1, -0.05) is 20.3 Å². The van der Waals surface area contributed by atoms with Crippen LogP contribution in [-0.2, 0) is 0 Å². The molecule has 1 unspecified atom stereocenters. The number of alkyl halides is 1. The van der Waals surface area contributed by atoms with E-state index in [0.29, 0.717) is 5.92 Å². The third-order valence-corrected chi connectivity index (χ3v) is 2.89. The van der Waals surface area contributed by atoms with Gasteiger partial charge in [0, 0.05) is 6.04 Å². The lowest BCUT2D eigenvalue weighted by molar-refractivity contribution is 0.392. The second-order valence-corrected chi connectivity index (χ2v) is 4.65. The predicted octanol–water partition coefficient (Wildman–Crippen LogP) is 2.77. The molecule has 0 aliphatic carbocycles. The molecule has 0 spiro atoms. The van der Waals surface area contributed by atoms with E-state index in [0.717, 1.165) is 6.42 Å². The standard InChI is InChI=1S/C9H20ClN/c1-5-7(2)6-9(4,10)8(3)11/h7-8H,5-6,11H2,1-4H3/t7-,8-,9?/m1/s1. The third kappa shape index (κ3) is 3.97. The molecule has 0 bridgehead atoms. The molecule has 2 heteroatoms. The van der Waals surface area contributed by atoms with Crippen LogP contribution >= 0.6 is 11.6 Å². The van der Waals surface area contributed by atoms with Crippen molar-refractivity contribution in [2.45, 2.75) is 51.5 Å². The first kappa shape index (κ1) is 11.2. The van der Waals surface area contributed by atoms with Crippen LogP contribution in [0.1, 0.15) is 40.5 Å². The maximum Gasteiger partial charge on any atom is 0.0569 e. The van der Waals surface area contributed by atoms with E-state index in [1.807, 2.05) is 13.8 Å². The van der Waals surface area contributed by atoms with E-state index in [1.54, 1.807) is 0 Å². The normalized spacial score (nSPS) is 22.4. The number of nitrogens with two attached hydrogens (primary N) is 1. The van der Waals surface area contributed by atoms with Gasteiger partial charge < -0.3 is 5.73 Å². The van der Waals surface area contributed by atoms with Crippen LogP contribution in [0.4, 0.5) is 0 Å². The highest BCUT2D eigenvalue weighted by molar-refractivity contribution is 6.24. The van der Waals surface area contributed by atoms with Gasteiger partial charge in [-0.25, -0.2) is 0 Å². The summed E-state index contributed by atoms with van der Waals surface area (Å²) < 4.78 is 0. The Balaban J connectivity index is 3.90. The monoisotopic (exact) mass is 177 g/mol. The van der Waals surface area contributed by atoms with E-state index in [2.05, 4.69) is 13.8 Å². The van der Waals surface area contributed by atoms with Gasteiger partial charge in [0.2, 0.25) is 0 Å². The molecular formula is C9H20ClN. The van der Waals surface area contributed by atoms with Gasteiger partial charge in [0.05, 0.1) is 4.87 Å². The van der Waals surface area contributed by atoms with Crippen molar-refractivity contribution in [2.24, 2.45) is 11.7 Å². The molecule has 0 saturated carbocycles. The molecule has 0 aromatic carbocycles. The second kappa shape index (κ2) is 4.32. The predicted molar refractivity (Wildman–Crippen MR) is 52.0 cm³/mol. The van der Waals surface area contributed by atoms with Gasteiger partial charge >= 0.3 is 0 Å². The number of hydrogen-bond acceptors (Lipinski definition) is 1. The van der Waals surface area contributed by atoms with Crippen LogP contribution in [0.2, 0.25) is 0 Å². The van der Waals surface area contributed by atoms with Crippen molar-refractivity contribution in [3.05, 3.63) is 0 Å². The molecule has 68 valence electrons. The highest BCUT2D eigenvalue weighted by atomic mass is 35.5. The van der Waals surface area contributed by atoms with Gasteiger partial charge in [0.25, 0.3) is 0 Å². The maximum atomic E-state index is 6.22. The minimum atomic E-state index is -0.227. The highest BCUT2D eigenvalue weighted by Crippen LogP contribution is 2.27. The van der Waals surface area contributed by atoms with E-state index in [1.165, 1.54) is 6.42 Å². The fourth-order valence-corrected chi connectivity index (χ4v) is 1.27. The van der Waals surface area contributed by atoms with E-state index >= 15 is 0 Å². The smallest absolute Gasteiger partial charge is 0.0569 e. The molecule has 0 aromatic rings. The Morgan fingerprint density at radius 1 is 1.45 bits per heavy atom. The topological polar surface area (TPSA) is 26.0 Å². The van der Waals surface area contributed by atoms with Crippen molar-refractivity contribution in [3.63, 3.8) is 0 Å². The summed E-state index contributed by atoms with van der Waals surface area (Å²) in [6.07, 6.45) is 2.18. The van der Waals surface area contributed by atoms with Crippen molar-refractivity contribution < 1.29 is 0 Å². The van der Waals surface area contributed by atoms with Gasteiger partial charge in [-0.3, -0.25) is 0 Å². The summed E-state index contributed by atoms with van der Waals surface area (Å²) in [7, 11) is 0. The summed E-state index contributed by atoms with van der Waals surface area (Å²) in [6, 6.07) is 0.0677. The summed E-state index contributed by atoms with van der Waals surface area (Å²) in [5.41, 5.74) is 5.74. The largest absolute Gasteiger partial charge is 0.326 e. The first-order chi connectivity index (χ1) is 4.90. The number of hydrogen-bond donors (Lipinski definition) is 1. The fourth-order valence-electron chi connectivity index (χ4n) is 1.01. The van der Waals surface area contributed by atoms with Crippen LogP contribution < -0.4 is 5.73 Å². The Labute approximate surface area is 75.3 Å². The third-order valence-electron chi connectivity index (χ3n) is 2.39. The first-order valence-corrected chi connectivity index (χ1v) is 4.72. The average Bonchev–Trinajstić information content (AvgIpc) is 1.86. The Kier molecular flexibility index (Phi) is 4.42. The molecule has 2 N–H and O–H groups in total. The molecule has 11 heavy (non-hydrogen) atoms. The zero-order valence-corrected chi connectivity index (χ0v) is 8.78. The van der Waals surface area contributed by atoms with E-state index < -0.39 is 0 Å². The number of rotatable bonds is 4. The molecule has 0 aliphatic rings. The van der Waals surface area contributed by atoms with Crippen LogP contribution in [0.5, 0.6) is 0 Å². The molecule has 0 radical (unpaired) electrons. The molecule has 0 rings (SSSR count). The molecule has 3 atom stereocenters. The van der Waals surface area contributed by atoms with Crippen LogP contribution in [0, 0.1) is 5.92 Å². The van der Waals surface area contributed by atoms with Crippen LogP contribution in [0.3, 0.4) is 0 Å². The first-order valence-electron chi connectivity index (χ1n) is 4.34. The van der Waals surface area contributed by atoms with Crippen molar-refractivity contribution in [3.8, 4) is 0 Å². The van der Waals surface area contributed by atoms with Gasteiger partial charge in [0.15, 0.2) is 0 Å². The summed E-state index contributed by atoms with van der Waals surface area (Å²) >= 11 is 6.22. The Morgan fingerprint density at radius 2 is 1.91 bits per heavy atom. The van der Waals surface area contributed by atoms with E-state index in [9.17, 15) is 0 Å². The SMILES string of the molecule is CC[C@@H](C)CC(C)(Cl)[C@@H](C)N. The zero-order valence-electron chi connectivity index (χ0n) is 8.02. The lowest BCUT2D eigenvalue weighted by Gasteiger charge is -2.28. The summed E-state index contributed by atoms with van der Waals surface area (Å²) in [5.74, 6) is 0.670. The molecule has 0 saturated heterocycles. The summed E-state index contributed by atoms with van der Waals surface area (Å²) in [4.78, 5) is -0.227. The summed E-state index contributed by atoms with van der Waals surface area (Å²) in [5, 5.41) is 0. The van der Waals surface area contributed by atoms with E-state index in [-0.39, 0.29) is 10.9 Å². The molecule has 0 aromatic heterocycles. The zero-order chi connectivity index (χ0) is 9.07. The fraction of sp³-hybridized carbons (Fsp3) is 1.00. The van der Waals surface area contributed by atoms with Crippen LogP contribution in [0.15, 0.2) is 0 Å². The number of halogens is 1. The van der Waals surface area contributed by atoms with Gasteiger partial charge in [-0.05, 0) is 26.2 Å². The molecular weight excluding hydrogens is 158 g/mol. The molecule has 0 amide bonds. The minimum absolute atomic E-state index is 0.0677. The molecule has 0 aliphatic heterocycles. The summed E-state index contributed by atoms with van der Waals surface area (Å²) in [6.45, 7) is 8.38. The van der Waals surface area contributed by atoms with Gasteiger partial charge in [0.1, 0.15) is 0 Å². The Morgan fingerprint density at radius 3 is 2.18 bits per heavy atom. The van der Waals surface area contributed by atoms with Crippen molar-refractivity contribution >= 4 is 11.6 Å². The maximum absolute atomic E-state index is 6.22. The van der Waals surface area contributed by atoms with Crippen LogP contribution in [0.25, 0.3) is 0 Å². The van der Waals surface area contributed by atoms with Crippen molar-refractivity contribution in [1.29, 1.82) is 0 Å². The second-order valence-electron chi connectivity index (χ2n) is 3.78. The molecule has 1 nitrogen and oxygen atoms in total. The lowest BCUT2D eigenvalue weighted by atomic mass is 9.90. The average molecular weight is 178 g/mol. The Bertz CT molecular complexity index is 110. The van der Waals surface area contributed by atoms with Crippen molar-refractivity contribution in [2.75, 3.05) is 0 Å². The van der Waals surface area contributed by atoms with Crippen molar-refractivity contribution in [1.82, 2.24) is 0 Å². The highest BCUT2D eigenvalue weighted by Gasteiger charge is 2.27.